The first-order valence-electron chi connectivity index (χ1n) is 13.3. The topological polar surface area (TPSA) is 102 Å². The van der Waals surface area contributed by atoms with Gasteiger partial charge in [0.15, 0.2) is 6.17 Å². The molecule has 37 heavy (non-hydrogen) atoms. The largest absolute Gasteiger partial charge is 0.508 e. The summed E-state index contributed by atoms with van der Waals surface area (Å²) in [4.78, 5) is 2.07. The van der Waals surface area contributed by atoms with Crippen molar-refractivity contribution in [3.8, 4) is 11.5 Å². The van der Waals surface area contributed by atoms with Gasteiger partial charge in [0.2, 0.25) is 0 Å². The minimum Gasteiger partial charge on any atom is -0.508 e. The van der Waals surface area contributed by atoms with Crippen LogP contribution < -0.4 is 15.5 Å². The summed E-state index contributed by atoms with van der Waals surface area (Å²) < 4.78 is 11.9. The fourth-order valence-corrected chi connectivity index (χ4v) is 5.36. The number of ether oxygens (including phenoxy) is 2. The Balaban J connectivity index is 1.46. The Morgan fingerprint density at radius 2 is 1.70 bits per heavy atom. The molecule has 9 nitrogen and oxygen atoms in total. The number of phenolic OH excluding ortho intramolecular Hbond substituents is 2. The minimum absolute atomic E-state index is 0.0383. The summed E-state index contributed by atoms with van der Waals surface area (Å²) in [6.07, 6.45) is 2.43. The highest BCUT2D eigenvalue weighted by Crippen LogP contribution is 2.42. The molecule has 2 aromatic carbocycles. The number of nitrogens with zero attached hydrogens (tertiary/aromatic N) is 3. The molecular formula is C28H39N5O4. The van der Waals surface area contributed by atoms with Crippen LogP contribution in [0.1, 0.15) is 49.5 Å². The monoisotopic (exact) mass is 509 g/mol. The summed E-state index contributed by atoms with van der Waals surface area (Å²) in [5.74, 6) is 0.244. The molecule has 0 aliphatic carbocycles. The van der Waals surface area contributed by atoms with E-state index in [2.05, 4.69) is 46.7 Å². The second-order valence-electron chi connectivity index (χ2n) is 10.4. The standard InChI is InChI=1S/C28H39N5O4/c1-18(2)23-13-24(26(35)14-25(23)34)28-32(17-31-33(28)19(3)27-16-30-9-11-37-27)21-6-4-20(5-7-21)12-22-15-29-8-10-36-22/h4-7,13-14,17-19,22,27-30,34-35H,8-12,15-16H2,1-3H3. The molecule has 5 rings (SSSR count). The molecule has 200 valence electrons. The molecule has 2 saturated heterocycles. The second-order valence-corrected chi connectivity index (χ2v) is 10.4. The third kappa shape index (κ3) is 5.55. The second kappa shape index (κ2) is 11.3. The molecular weight excluding hydrogens is 470 g/mol. The molecule has 2 fully saturated rings. The van der Waals surface area contributed by atoms with Crippen molar-refractivity contribution in [3.63, 3.8) is 0 Å². The van der Waals surface area contributed by atoms with Crippen LogP contribution in [-0.2, 0) is 15.9 Å². The first-order chi connectivity index (χ1) is 17.9. The summed E-state index contributed by atoms with van der Waals surface area (Å²) in [5.41, 5.74) is 3.67. The quantitative estimate of drug-likeness (QED) is 0.452. The van der Waals surface area contributed by atoms with Crippen molar-refractivity contribution >= 4 is 12.0 Å². The molecule has 3 heterocycles. The lowest BCUT2D eigenvalue weighted by atomic mass is 9.96. The first-order valence-corrected chi connectivity index (χ1v) is 13.3. The number of anilines is 1. The third-order valence-electron chi connectivity index (χ3n) is 7.51. The SMILES string of the molecule is CC(C)c1cc(C2N(c3ccc(CC4CNCCO4)cc3)C=NN2C(C)C2CNCCO2)c(O)cc1O. The van der Waals surface area contributed by atoms with Gasteiger partial charge in [-0.3, -0.25) is 5.01 Å². The molecule has 3 aliphatic heterocycles. The zero-order valence-electron chi connectivity index (χ0n) is 21.9. The van der Waals surface area contributed by atoms with E-state index in [0.29, 0.717) is 12.2 Å². The number of rotatable bonds is 7. The average molecular weight is 510 g/mol. The van der Waals surface area contributed by atoms with Crippen molar-refractivity contribution in [3.05, 3.63) is 53.1 Å². The molecule has 0 aromatic heterocycles. The Bertz CT molecular complexity index is 1080. The van der Waals surface area contributed by atoms with Gasteiger partial charge in [-0.25, -0.2) is 0 Å². The molecule has 0 bridgehead atoms. The van der Waals surface area contributed by atoms with E-state index in [0.717, 1.165) is 50.5 Å². The number of phenols is 2. The maximum atomic E-state index is 11.0. The molecule has 4 unspecified atom stereocenters. The Morgan fingerprint density at radius 3 is 2.35 bits per heavy atom. The summed E-state index contributed by atoms with van der Waals surface area (Å²) in [7, 11) is 0. The Morgan fingerprint density at radius 1 is 0.973 bits per heavy atom. The van der Waals surface area contributed by atoms with Crippen LogP contribution in [0.3, 0.4) is 0 Å². The van der Waals surface area contributed by atoms with Gasteiger partial charge in [0.25, 0.3) is 0 Å². The Kier molecular flexibility index (Phi) is 7.85. The minimum atomic E-state index is -0.393. The predicted octanol–water partition coefficient (Wildman–Crippen LogP) is 2.89. The van der Waals surface area contributed by atoms with E-state index in [9.17, 15) is 10.2 Å². The molecule has 0 amide bonds. The van der Waals surface area contributed by atoms with Gasteiger partial charge in [0, 0.05) is 43.5 Å². The van der Waals surface area contributed by atoms with Crippen LogP contribution in [-0.4, -0.2) is 79.2 Å². The van der Waals surface area contributed by atoms with E-state index in [-0.39, 0.29) is 35.7 Å². The highest BCUT2D eigenvalue weighted by atomic mass is 16.5. The van der Waals surface area contributed by atoms with Crippen LogP contribution in [0.4, 0.5) is 5.69 Å². The molecule has 4 atom stereocenters. The highest BCUT2D eigenvalue weighted by molar-refractivity contribution is 5.82. The zero-order chi connectivity index (χ0) is 25.9. The number of aromatic hydroxyl groups is 2. The van der Waals surface area contributed by atoms with E-state index >= 15 is 0 Å². The number of hydrazone groups is 1. The van der Waals surface area contributed by atoms with Crippen molar-refractivity contribution in [2.24, 2.45) is 5.10 Å². The van der Waals surface area contributed by atoms with Crippen molar-refractivity contribution in [2.75, 3.05) is 44.3 Å². The van der Waals surface area contributed by atoms with Crippen LogP contribution in [0.2, 0.25) is 0 Å². The summed E-state index contributed by atoms with van der Waals surface area (Å²) in [6, 6.07) is 11.8. The van der Waals surface area contributed by atoms with Crippen molar-refractivity contribution < 1.29 is 19.7 Å². The lowest BCUT2D eigenvalue weighted by Gasteiger charge is -2.39. The number of benzene rings is 2. The molecule has 0 saturated carbocycles. The molecule has 0 spiro atoms. The number of morpholine rings is 2. The summed E-state index contributed by atoms with van der Waals surface area (Å²) in [5, 5.41) is 35.1. The normalized spacial score (nSPS) is 25.1. The van der Waals surface area contributed by atoms with Crippen LogP contribution in [0.25, 0.3) is 0 Å². The molecule has 4 N–H and O–H groups in total. The maximum absolute atomic E-state index is 11.0. The van der Waals surface area contributed by atoms with Gasteiger partial charge in [-0.15, -0.1) is 0 Å². The molecule has 0 radical (unpaired) electrons. The maximum Gasteiger partial charge on any atom is 0.153 e. The lowest BCUT2D eigenvalue weighted by molar-refractivity contribution is -0.0334. The molecule has 9 heteroatoms. The van der Waals surface area contributed by atoms with Gasteiger partial charge in [-0.2, -0.15) is 5.10 Å². The van der Waals surface area contributed by atoms with Crippen molar-refractivity contribution in [1.29, 1.82) is 0 Å². The van der Waals surface area contributed by atoms with Crippen molar-refractivity contribution in [2.45, 2.75) is 57.5 Å². The third-order valence-corrected chi connectivity index (χ3v) is 7.51. The van der Waals surface area contributed by atoms with Crippen LogP contribution in [0.15, 0.2) is 41.5 Å². The van der Waals surface area contributed by atoms with Crippen molar-refractivity contribution in [1.82, 2.24) is 15.6 Å². The summed E-state index contributed by atoms with van der Waals surface area (Å²) in [6.45, 7) is 10.9. The average Bonchev–Trinajstić information content (AvgIpc) is 3.34. The van der Waals surface area contributed by atoms with E-state index in [1.54, 1.807) is 0 Å². The number of nitrogens with one attached hydrogen (secondary N) is 2. The van der Waals surface area contributed by atoms with E-state index < -0.39 is 6.17 Å². The van der Waals surface area contributed by atoms with Gasteiger partial charge >= 0.3 is 0 Å². The number of hydrogen-bond donors (Lipinski definition) is 4. The Labute approximate surface area is 219 Å². The van der Waals surface area contributed by atoms with Gasteiger partial charge < -0.3 is 35.2 Å². The van der Waals surface area contributed by atoms with Gasteiger partial charge in [-0.05, 0) is 48.6 Å². The number of hydrogen-bond acceptors (Lipinski definition) is 9. The smallest absolute Gasteiger partial charge is 0.153 e. The van der Waals surface area contributed by atoms with Gasteiger partial charge in [-0.1, -0.05) is 26.0 Å². The lowest BCUT2D eigenvalue weighted by Crippen LogP contribution is -2.50. The zero-order valence-corrected chi connectivity index (χ0v) is 21.9. The fourth-order valence-electron chi connectivity index (χ4n) is 5.36. The first kappa shape index (κ1) is 25.8. The fraction of sp³-hybridized carbons (Fsp3) is 0.536. The van der Waals surface area contributed by atoms with Gasteiger partial charge in [0.1, 0.15) is 17.8 Å². The predicted molar refractivity (Wildman–Crippen MR) is 144 cm³/mol. The van der Waals surface area contributed by atoms with E-state index in [4.69, 9.17) is 14.6 Å². The highest BCUT2D eigenvalue weighted by Gasteiger charge is 2.39. The van der Waals surface area contributed by atoms with E-state index in [1.807, 2.05) is 31.3 Å². The van der Waals surface area contributed by atoms with Crippen LogP contribution in [0, 0.1) is 0 Å². The Hall–Kier alpha value is -2.85. The summed E-state index contributed by atoms with van der Waals surface area (Å²) >= 11 is 0. The van der Waals surface area contributed by atoms with E-state index in [1.165, 1.54) is 11.6 Å². The van der Waals surface area contributed by atoms with Crippen LogP contribution in [0.5, 0.6) is 11.5 Å². The molecule has 2 aromatic rings. The van der Waals surface area contributed by atoms with Gasteiger partial charge in [0.05, 0.1) is 31.5 Å². The van der Waals surface area contributed by atoms with Crippen LogP contribution >= 0.6 is 0 Å². The molecule has 3 aliphatic rings.